The lowest BCUT2D eigenvalue weighted by Crippen LogP contribution is -2.30. The molecule has 0 fully saturated rings. The predicted octanol–water partition coefficient (Wildman–Crippen LogP) is 3.77. The summed E-state index contributed by atoms with van der Waals surface area (Å²) in [6.45, 7) is 1.85. The van der Waals surface area contributed by atoms with E-state index in [0.29, 0.717) is 6.42 Å². The Bertz CT molecular complexity index is 847. The number of nitriles is 1. The first kappa shape index (κ1) is 17.1. The summed E-state index contributed by atoms with van der Waals surface area (Å²) in [5, 5.41) is 9.43. The molecule has 3 rings (SSSR count). The average molecular weight is 348 g/mol. The van der Waals surface area contributed by atoms with E-state index in [1.807, 2.05) is 13.0 Å². The van der Waals surface area contributed by atoms with Crippen molar-refractivity contribution in [1.29, 1.82) is 5.26 Å². The third-order valence-corrected chi connectivity index (χ3v) is 4.44. The first-order chi connectivity index (χ1) is 11.7. The first-order valence-electron chi connectivity index (χ1n) is 7.74. The highest BCUT2D eigenvalue weighted by Gasteiger charge is 2.43. The van der Waals surface area contributed by atoms with Crippen molar-refractivity contribution in [3.8, 4) is 6.07 Å². The Balaban J connectivity index is 2.26. The van der Waals surface area contributed by atoms with Crippen LogP contribution in [-0.4, -0.2) is 5.78 Å². The fourth-order valence-electron chi connectivity index (χ4n) is 3.41. The van der Waals surface area contributed by atoms with Gasteiger partial charge in [0.05, 0.1) is 11.5 Å². The Kier molecular flexibility index (Phi) is 4.07. The summed E-state index contributed by atoms with van der Waals surface area (Å²) in [5.74, 6) is -1.45. The lowest BCUT2D eigenvalue weighted by atomic mass is 9.74. The highest BCUT2D eigenvalue weighted by atomic mass is 19.4. The molecule has 1 aromatic carbocycles. The van der Waals surface area contributed by atoms with E-state index in [1.54, 1.807) is 0 Å². The molecule has 1 heterocycles. The van der Waals surface area contributed by atoms with Crippen LogP contribution in [0.2, 0.25) is 0 Å². The van der Waals surface area contributed by atoms with Gasteiger partial charge in [0.25, 0.3) is 0 Å². The van der Waals surface area contributed by atoms with E-state index in [4.69, 9.17) is 10.5 Å². The summed E-state index contributed by atoms with van der Waals surface area (Å²) in [7, 11) is 0. The minimum absolute atomic E-state index is 0.00111. The van der Waals surface area contributed by atoms with Crippen LogP contribution in [0.25, 0.3) is 0 Å². The van der Waals surface area contributed by atoms with Crippen LogP contribution in [0.1, 0.15) is 36.8 Å². The summed E-state index contributed by atoms with van der Waals surface area (Å²) < 4.78 is 45.8. The maximum atomic E-state index is 13.5. The molecular weight excluding hydrogens is 333 g/mol. The van der Waals surface area contributed by atoms with Crippen LogP contribution in [0.15, 0.2) is 47.1 Å². The number of nitrogens with zero attached hydrogens (tertiary/aromatic N) is 1. The largest absolute Gasteiger partial charge is 0.444 e. The first-order valence-corrected chi connectivity index (χ1v) is 7.74. The highest BCUT2D eigenvalue weighted by molar-refractivity contribution is 5.99. The number of hydrogen-bond acceptors (Lipinski definition) is 4. The molecule has 1 aromatic rings. The van der Waals surface area contributed by atoms with Gasteiger partial charge in [-0.05, 0) is 17.5 Å². The predicted molar refractivity (Wildman–Crippen MR) is 82.5 cm³/mol. The van der Waals surface area contributed by atoms with E-state index in [-0.39, 0.29) is 46.5 Å². The molecule has 2 aliphatic rings. The summed E-state index contributed by atoms with van der Waals surface area (Å²) in [6.07, 6.45) is -4.02. The number of ketones is 1. The zero-order chi connectivity index (χ0) is 18.4. The topological polar surface area (TPSA) is 76.1 Å². The van der Waals surface area contributed by atoms with Crippen molar-refractivity contribution in [3.63, 3.8) is 0 Å². The van der Waals surface area contributed by atoms with Gasteiger partial charge in [-0.1, -0.05) is 25.1 Å². The van der Waals surface area contributed by atoms with Gasteiger partial charge in [0, 0.05) is 18.4 Å². The Morgan fingerprint density at radius 2 is 1.96 bits per heavy atom. The van der Waals surface area contributed by atoms with Crippen LogP contribution < -0.4 is 5.73 Å². The Morgan fingerprint density at radius 3 is 2.60 bits per heavy atom. The number of carbonyl (C=O) groups excluding carboxylic acids is 1. The van der Waals surface area contributed by atoms with Crippen molar-refractivity contribution in [3.05, 3.63) is 58.2 Å². The van der Waals surface area contributed by atoms with Crippen molar-refractivity contribution >= 4 is 5.78 Å². The van der Waals surface area contributed by atoms with Crippen molar-refractivity contribution < 1.29 is 22.7 Å². The molecule has 2 atom stereocenters. The maximum Gasteiger partial charge on any atom is 0.416 e. The lowest BCUT2D eigenvalue weighted by molar-refractivity contribution is -0.138. The van der Waals surface area contributed by atoms with E-state index in [2.05, 4.69) is 0 Å². The molecule has 0 aromatic heterocycles. The SMILES string of the molecule is C[C@H]1CC(=O)C2=C(C1)OC(N)=C(C#N)[C@H]2c1ccccc1C(F)(F)F. The van der Waals surface area contributed by atoms with Gasteiger partial charge in [0.1, 0.15) is 17.4 Å². The molecule has 0 spiro atoms. The number of Topliss-reactive ketones (excluding diaryl/α,β-unsaturated/α-hetero) is 1. The molecule has 1 aliphatic heterocycles. The number of allylic oxidation sites excluding steroid dienone is 3. The Morgan fingerprint density at radius 1 is 1.28 bits per heavy atom. The molecule has 0 unspecified atom stereocenters. The van der Waals surface area contributed by atoms with Gasteiger partial charge in [-0.2, -0.15) is 18.4 Å². The van der Waals surface area contributed by atoms with Crippen molar-refractivity contribution in [2.75, 3.05) is 0 Å². The van der Waals surface area contributed by atoms with Gasteiger partial charge in [-0.15, -0.1) is 0 Å². The Labute approximate surface area is 142 Å². The molecule has 0 radical (unpaired) electrons. The van der Waals surface area contributed by atoms with Crippen LogP contribution in [0.4, 0.5) is 13.2 Å². The number of benzene rings is 1. The molecule has 2 N–H and O–H groups in total. The Hall–Kier alpha value is -2.75. The molecular formula is C18H15F3N2O2. The molecule has 0 amide bonds. The zero-order valence-electron chi connectivity index (χ0n) is 13.4. The van der Waals surface area contributed by atoms with Gasteiger partial charge in [-0.3, -0.25) is 4.79 Å². The molecule has 130 valence electrons. The lowest BCUT2D eigenvalue weighted by Gasteiger charge is -2.33. The van der Waals surface area contributed by atoms with Crippen molar-refractivity contribution in [1.82, 2.24) is 0 Å². The number of halogens is 3. The number of carbonyl (C=O) groups is 1. The van der Waals surface area contributed by atoms with Gasteiger partial charge in [0.15, 0.2) is 5.78 Å². The number of ether oxygens (including phenoxy) is 1. The smallest absolute Gasteiger partial charge is 0.416 e. The third-order valence-electron chi connectivity index (χ3n) is 4.44. The second-order valence-corrected chi connectivity index (χ2v) is 6.28. The van der Waals surface area contributed by atoms with Crippen LogP contribution in [0, 0.1) is 17.2 Å². The summed E-state index contributed by atoms with van der Waals surface area (Å²) in [5.41, 5.74) is 4.68. The number of nitrogens with two attached hydrogens (primary N) is 1. The quantitative estimate of drug-likeness (QED) is 0.838. The molecule has 0 saturated carbocycles. The standard InChI is InChI=1S/C18H15F3N2O2/c1-9-6-13(24)16-14(7-9)25-17(23)11(8-22)15(16)10-4-2-3-5-12(10)18(19,20)21/h2-5,9,15H,6-7,23H2,1H3/t9-,15+/m0/s1. The monoisotopic (exact) mass is 348 g/mol. The minimum atomic E-state index is -4.62. The average Bonchev–Trinajstić information content (AvgIpc) is 2.52. The number of hydrogen-bond donors (Lipinski definition) is 1. The van der Waals surface area contributed by atoms with Gasteiger partial charge < -0.3 is 10.5 Å². The van der Waals surface area contributed by atoms with Gasteiger partial charge in [-0.25, -0.2) is 0 Å². The molecule has 7 heteroatoms. The number of rotatable bonds is 1. The van der Waals surface area contributed by atoms with E-state index in [1.165, 1.54) is 18.2 Å². The number of alkyl halides is 3. The normalized spacial score (nSPS) is 23.9. The highest BCUT2D eigenvalue weighted by Crippen LogP contribution is 2.47. The van der Waals surface area contributed by atoms with Crippen LogP contribution >= 0.6 is 0 Å². The summed E-state index contributed by atoms with van der Waals surface area (Å²) in [6, 6.07) is 6.75. The second kappa shape index (κ2) is 5.96. The molecule has 4 nitrogen and oxygen atoms in total. The summed E-state index contributed by atoms with van der Waals surface area (Å²) in [4.78, 5) is 12.6. The fraction of sp³-hybridized carbons (Fsp3) is 0.333. The van der Waals surface area contributed by atoms with Crippen LogP contribution in [-0.2, 0) is 15.7 Å². The molecule has 0 saturated heterocycles. The summed E-state index contributed by atoms with van der Waals surface area (Å²) >= 11 is 0. The van der Waals surface area contributed by atoms with Crippen LogP contribution in [0.3, 0.4) is 0 Å². The molecule has 25 heavy (non-hydrogen) atoms. The molecule has 0 bridgehead atoms. The fourth-order valence-corrected chi connectivity index (χ4v) is 3.41. The van der Waals surface area contributed by atoms with E-state index in [9.17, 15) is 23.2 Å². The van der Waals surface area contributed by atoms with E-state index < -0.39 is 17.7 Å². The van der Waals surface area contributed by atoms with E-state index >= 15 is 0 Å². The second-order valence-electron chi connectivity index (χ2n) is 6.28. The van der Waals surface area contributed by atoms with Gasteiger partial charge >= 0.3 is 6.18 Å². The zero-order valence-corrected chi connectivity index (χ0v) is 13.4. The van der Waals surface area contributed by atoms with Crippen molar-refractivity contribution in [2.45, 2.75) is 31.9 Å². The van der Waals surface area contributed by atoms with Crippen molar-refractivity contribution in [2.24, 2.45) is 11.7 Å². The maximum absolute atomic E-state index is 13.5. The van der Waals surface area contributed by atoms with Crippen LogP contribution in [0.5, 0.6) is 0 Å². The third kappa shape index (κ3) is 2.88. The van der Waals surface area contributed by atoms with E-state index in [0.717, 1.165) is 6.07 Å². The van der Waals surface area contributed by atoms with Gasteiger partial charge in [0.2, 0.25) is 5.88 Å². The molecule has 1 aliphatic carbocycles. The minimum Gasteiger partial charge on any atom is -0.444 e.